The second-order valence-corrected chi connectivity index (χ2v) is 1.50. The van der Waals surface area contributed by atoms with E-state index in [2.05, 4.69) is 14.9 Å². The molecule has 1 radical (unpaired) electrons. The average molecular weight is 111 g/mol. The maximum Gasteiger partial charge on any atom is 0.157 e. The van der Waals surface area contributed by atoms with Gasteiger partial charge in [-0.05, 0) is 6.92 Å². The van der Waals surface area contributed by atoms with Crippen LogP contribution in [0.5, 0.6) is 0 Å². The van der Waals surface area contributed by atoms with Crippen molar-refractivity contribution in [2.75, 3.05) is 0 Å². The molecule has 3 nitrogen and oxygen atoms in total. The summed E-state index contributed by atoms with van der Waals surface area (Å²) < 4.78 is 4.66. The first-order chi connectivity index (χ1) is 3.84. The Morgan fingerprint density at radius 1 is 1.62 bits per heavy atom. The van der Waals surface area contributed by atoms with Crippen LogP contribution in [0.1, 0.15) is 18.4 Å². The lowest BCUT2D eigenvalue weighted by Gasteiger charge is -1.80. The van der Waals surface area contributed by atoms with Crippen LogP contribution in [-0.2, 0) is 0 Å². The fourth-order valence-corrected chi connectivity index (χ4v) is 0.504. The van der Waals surface area contributed by atoms with E-state index in [1.807, 2.05) is 20.3 Å². The summed E-state index contributed by atoms with van der Waals surface area (Å²) in [6.45, 7) is 3.72. The lowest BCUT2D eigenvalue weighted by atomic mass is 10.3. The molecule has 8 heavy (non-hydrogen) atoms. The van der Waals surface area contributed by atoms with Crippen molar-refractivity contribution in [3.05, 3.63) is 17.9 Å². The first-order valence-corrected chi connectivity index (χ1v) is 2.43. The standard InChI is InChI=1S/C5H7N2O/c1-3-5-4(2)8-7-6-5/h3H,1-2H3. The average Bonchev–Trinajstić information content (AvgIpc) is 2.14. The smallest absolute Gasteiger partial charge is 0.157 e. The van der Waals surface area contributed by atoms with Gasteiger partial charge in [-0.2, -0.15) is 0 Å². The van der Waals surface area contributed by atoms with Crippen LogP contribution < -0.4 is 0 Å². The van der Waals surface area contributed by atoms with Gasteiger partial charge in [0.15, 0.2) is 5.76 Å². The SMILES string of the molecule is C[CH]c1nnoc1C. The Kier molecular flexibility index (Phi) is 1.28. The first-order valence-electron chi connectivity index (χ1n) is 2.43. The minimum atomic E-state index is 0.771. The Hall–Kier alpha value is -0.860. The van der Waals surface area contributed by atoms with Crippen LogP contribution in [0.4, 0.5) is 0 Å². The molecule has 1 aromatic heterocycles. The van der Waals surface area contributed by atoms with E-state index >= 15 is 0 Å². The number of rotatable bonds is 1. The van der Waals surface area contributed by atoms with Crippen LogP contribution in [0.15, 0.2) is 4.52 Å². The maximum absolute atomic E-state index is 4.66. The molecule has 0 N–H and O–H groups in total. The second-order valence-electron chi connectivity index (χ2n) is 1.50. The first kappa shape index (κ1) is 5.28. The normalized spacial score (nSPS) is 9.75. The van der Waals surface area contributed by atoms with Gasteiger partial charge in [0.2, 0.25) is 0 Å². The molecule has 0 saturated carbocycles. The van der Waals surface area contributed by atoms with Crippen LogP contribution in [0.3, 0.4) is 0 Å². The summed E-state index contributed by atoms with van der Waals surface area (Å²) in [6.07, 6.45) is 1.85. The molecule has 0 atom stereocenters. The molecule has 0 unspecified atom stereocenters. The van der Waals surface area contributed by atoms with Gasteiger partial charge in [-0.15, -0.1) is 5.10 Å². The van der Waals surface area contributed by atoms with Crippen LogP contribution in [-0.4, -0.2) is 10.4 Å². The summed E-state index contributed by atoms with van der Waals surface area (Å²) >= 11 is 0. The Morgan fingerprint density at radius 2 is 2.38 bits per heavy atom. The molecule has 0 spiro atoms. The molecule has 3 heteroatoms. The fraction of sp³-hybridized carbons (Fsp3) is 0.400. The van der Waals surface area contributed by atoms with E-state index < -0.39 is 0 Å². The van der Waals surface area contributed by atoms with Crippen LogP contribution in [0.25, 0.3) is 0 Å². The fourth-order valence-electron chi connectivity index (χ4n) is 0.504. The molecule has 0 aromatic carbocycles. The van der Waals surface area contributed by atoms with Crippen molar-refractivity contribution in [2.24, 2.45) is 0 Å². The summed E-state index contributed by atoms with van der Waals surface area (Å²) in [5.74, 6) is 0.771. The van der Waals surface area contributed by atoms with Gasteiger partial charge in [0.05, 0.1) is 0 Å². The van der Waals surface area contributed by atoms with Crippen molar-refractivity contribution in [1.29, 1.82) is 0 Å². The van der Waals surface area contributed by atoms with E-state index in [1.54, 1.807) is 0 Å². The lowest BCUT2D eigenvalue weighted by molar-refractivity contribution is 0.373. The van der Waals surface area contributed by atoms with Gasteiger partial charge in [0.25, 0.3) is 0 Å². The highest BCUT2D eigenvalue weighted by molar-refractivity contribution is 5.11. The molecular weight excluding hydrogens is 104 g/mol. The zero-order valence-electron chi connectivity index (χ0n) is 4.88. The van der Waals surface area contributed by atoms with E-state index in [-0.39, 0.29) is 0 Å². The minimum absolute atomic E-state index is 0.771. The van der Waals surface area contributed by atoms with Crippen molar-refractivity contribution < 1.29 is 4.52 Å². The molecule has 43 valence electrons. The molecule has 0 aliphatic rings. The van der Waals surface area contributed by atoms with E-state index in [0.717, 1.165) is 11.5 Å². The van der Waals surface area contributed by atoms with E-state index in [9.17, 15) is 0 Å². The summed E-state index contributed by atoms with van der Waals surface area (Å²) in [7, 11) is 0. The molecule has 1 rings (SSSR count). The van der Waals surface area contributed by atoms with Gasteiger partial charge in [-0.1, -0.05) is 6.92 Å². The molecule has 1 aromatic rings. The summed E-state index contributed by atoms with van der Waals surface area (Å²) in [6, 6.07) is 0. The van der Waals surface area contributed by atoms with E-state index in [1.165, 1.54) is 0 Å². The number of hydrogen-bond acceptors (Lipinski definition) is 3. The number of hydrogen-bond donors (Lipinski definition) is 0. The van der Waals surface area contributed by atoms with E-state index in [4.69, 9.17) is 0 Å². The molecular formula is C5H7N2O. The molecule has 0 aliphatic heterocycles. The molecule has 0 saturated heterocycles. The Balaban J connectivity index is 2.92. The summed E-state index contributed by atoms with van der Waals surface area (Å²) in [5.41, 5.74) is 0.824. The summed E-state index contributed by atoms with van der Waals surface area (Å²) in [4.78, 5) is 0. The second kappa shape index (κ2) is 1.94. The third kappa shape index (κ3) is 0.710. The maximum atomic E-state index is 4.66. The predicted molar refractivity (Wildman–Crippen MR) is 28.1 cm³/mol. The quantitative estimate of drug-likeness (QED) is 0.541. The molecule has 1 heterocycles. The molecule has 0 fully saturated rings. The number of aryl methyl sites for hydroxylation is 1. The highest BCUT2D eigenvalue weighted by atomic mass is 16.5. The van der Waals surface area contributed by atoms with Crippen molar-refractivity contribution in [2.45, 2.75) is 13.8 Å². The van der Waals surface area contributed by atoms with Crippen LogP contribution >= 0.6 is 0 Å². The molecule has 0 bridgehead atoms. The summed E-state index contributed by atoms with van der Waals surface area (Å²) in [5, 5.41) is 7.00. The lowest BCUT2D eigenvalue weighted by Crippen LogP contribution is -1.78. The van der Waals surface area contributed by atoms with E-state index in [0.29, 0.717) is 0 Å². The van der Waals surface area contributed by atoms with Gasteiger partial charge in [-0.3, -0.25) is 0 Å². The Labute approximate surface area is 47.7 Å². The Bertz CT molecular complexity index is 171. The van der Waals surface area contributed by atoms with Crippen molar-refractivity contribution in [3.63, 3.8) is 0 Å². The van der Waals surface area contributed by atoms with Gasteiger partial charge >= 0.3 is 0 Å². The van der Waals surface area contributed by atoms with Gasteiger partial charge < -0.3 is 4.52 Å². The number of nitrogens with zero attached hydrogens (tertiary/aromatic N) is 2. The zero-order valence-corrected chi connectivity index (χ0v) is 4.88. The third-order valence-corrected chi connectivity index (χ3v) is 0.960. The van der Waals surface area contributed by atoms with Crippen molar-refractivity contribution in [1.82, 2.24) is 10.4 Å². The van der Waals surface area contributed by atoms with Crippen LogP contribution in [0, 0.1) is 13.3 Å². The molecule has 0 aliphatic carbocycles. The van der Waals surface area contributed by atoms with Gasteiger partial charge in [0.1, 0.15) is 5.69 Å². The number of aromatic nitrogens is 2. The van der Waals surface area contributed by atoms with Crippen molar-refractivity contribution >= 4 is 0 Å². The topological polar surface area (TPSA) is 38.9 Å². The largest absolute Gasteiger partial charge is 0.342 e. The zero-order chi connectivity index (χ0) is 5.98. The monoisotopic (exact) mass is 111 g/mol. The predicted octanol–water partition coefficient (Wildman–Crippen LogP) is 0.950. The van der Waals surface area contributed by atoms with Crippen LogP contribution in [0.2, 0.25) is 0 Å². The van der Waals surface area contributed by atoms with Crippen molar-refractivity contribution in [3.8, 4) is 0 Å². The highest BCUT2D eigenvalue weighted by Crippen LogP contribution is 2.02. The Morgan fingerprint density at radius 3 is 2.62 bits per heavy atom. The van der Waals surface area contributed by atoms with Gasteiger partial charge in [0, 0.05) is 11.7 Å². The third-order valence-electron chi connectivity index (χ3n) is 0.960. The highest BCUT2D eigenvalue weighted by Gasteiger charge is 1.99. The minimum Gasteiger partial charge on any atom is -0.342 e. The van der Waals surface area contributed by atoms with Gasteiger partial charge in [-0.25, -0.2) is 0 Å². The molecule has 0 amide bonds.